The molecule has 0 spiro atoms. The number of carbonyl (C=O) groups excluding carboxylic acids is 1. The summed E-state index contributed by atoms with van der Waals surface area (Å²) in [5.74, 6) is 0. The van der Waals surface area contributed by atoms with E-state index < -0.39 is 0 Å². The lowest BCUT2D eigenvalue weighted by Crippen LogP contribution is -2.48. The van der Waals surface area contributed by atoms with E-state index in [1.54, 1.807) is 4.90 Å². The first kappa shape index (κ1) is 13.2. The molecule has 14 heavy (non-hydrogen) atoms. The third-order valence-corrected chi connectivity index (χ3v) is 1.77. The summed E-state index contributed by atoms with van der Waals surface area (Å²) in [5.41, 5.74) is -0.387. The molecule has 84 valence electrons. The fourth-order valence-corrected chi connectivity index (χ4v) is 1.17. The minimum Gasteiger partial charge on any atom is -0.444 e. The van der Waals surface area contributed by atoms with Crippen molar-refractivity contribution in [2.24, 2.45) is 0 Å². The molecule has 1 amide bonds. The van der Waals surface area contributed by atoms with Gasteiger partial charge in [-0.3, -0.25) is 0 Å². The van der Waals surface area contributed by atoms with Crippen LogP contribution in [0.15, 0.2) is 0 Å². The molecule has 0 atom stereocenters. The number of hydrogen-bond acceptors (Lipinski definition) is 4. The lowest BCUT2D eigenvalue weighted by atomic mass is 10.2. The molecule has 0 bridgehead atoms. The summed E-state index contributed by atoms with van der Waals surface area (Å²) in [6, 6.07) is 0. The maximum absolute atomic E-state index is 11.5. The van der Waals surface area contributed by atoms with E-state index in [4.69, 9.17) is 4.74 Å². The zero-order valence-electron chi connectivity index (χ0n) is 9.30. The highest BCUT2D eigenvalue weighted by Gasteiger charge is 2.22. The van der Waals surface area contributed by atoms with Gasteiger partial charge in [-0.25, -0.2) is 4.79 Å². The molecular weight excluding hydrogens is 182 g/mol. The van der Waals surface area contributed by atoms with Gasteiger partial charge < -0.3 is 21.1 Å². The van der Waals surface area contributed by atoms with Crippen molar-refractivity contribution in [2.75, 3.05) is 26.2 Å². The Hall–Kier alpha value is -0.810. The van der Waals surface area contributed by atoms with Crippen LogP contribution in [-0.4, -0.2) is 42.8 Å². The first-order chi connectivity index (χ1) is 5.99. The smallest absolute Gasteiger partial charge is 0.410 e. The molecule has 1 aliphatic heterocycles. The van der Waals surface area contributed by atoms with Gasteiger partial charge in [-0.2, -0.15) is 0 Å². The fraction of sp³-hybridized carbons (Fsp3) is 0.889. The number of carbonyl (C=O) groups is 1. The summed E-state index contributed by atoms with van der Waals surface area (Å²) in [4.78, 5) is 13.2. The maximum Gasteiger partial charge on any atom is 0.410 e. The first-order valence-electron chi connectivity index (χ1n) is 4.68. The van der Waals surface area contributed by atoms with Crippen LogP contribution < -0.4 is 11.5 Å². The van der Waals surface area contributed by atoms with E-state index >= 15 is 0 Å². The van der Waals surface area contributed by atoms with Gasteiger partial charge in [0.05, 0.1) is 0 Å². The zero-order valence-corrected chi connectivity index (χ0v) is 9.30. The molecule has 1 fully saturated rings. The topological polar surface area (TPSA) is 76.6 Å². The lowest BCUT2D eigenvalue weighted by Gasteiger charge is -2.30. The molecule has 4 N–H and O–H groups in total. The van der Waals surface area contributed by atoms with Gasteiger partial charge in [0.25, 0.3) is 0 Å². The summed E-state index contributed by atoms with van der Waals surface area (Å²) in [6.07, 6.45) is -0.200. The van der Waals surface area contributed by atoms with Crippen LogP contribution in [0.1, 0.15) is 20.8 Å². The lowest BCUT2D eigenvalue weighted by molar-refractivity contribution is 0.0229. The number of ether oxygens (including phenoxy) is 1. The average molecular weight is 203 g/mol. The molecule has 5 heteroatoms. The van der Waals surface area contributed by atoms with E-state index in [2.05, 4.69) is 5.32 Å². The van der Waals surface area contributed by atoms with Crippen LogP contribution in [0.5, 0.6) is 0 Å². The largest absolute Gasteiger partial charge is 0.444 e. The van der Waals surface area contributed by atoms with Crippen molar-refractivity contribution in [3.05, 3.63) is 0 Å². The second kappa shape index (κ2) is 5.17. The summed E-state index contributed by atoms with van der Waals surface area (Å²) < 4.78 is 5.24. The number of piperazine rings is 1. The molecule has 0 aromatic heterocycles. The van der Waals surface area contributed by atoms with Crippen LogP contribution in [0.4, 0.5) is 4.79 Å². The van der Waals surface area contributed by atoms with Crippen LogP contribution in [0.25, 0.3) is 0 Å². The number of nitrogens with zero attached hydrogens (tertiary/aromatic N) is 1. The van der Waals surface area contributed by atoms with Crippen molar-refractivity contribution >= 4 is 6.09 Å². The molecule has 0 aromatic rings. The SMILES string of the molecule is CC(C)(C)OC(=O)N1CCNCC1.N. The van der Waals surface area contributed by atoms with E-state index in [0.717, 1.165) is 26.2 Å². The average Bonchev–Trinajstić information content (AvgIpc) is 2.03. The molecule has 1 heterocycles. The zero-order chi connectivity index (χ0) is 9.90. The van der Waals surface area contributed by atoms with Crippen LogP contribution in [0.2, 0.25) is 0 Å². The molecule has 1 aliphatic rings. The summed E-state index contributed by atoms with van der Waals surface area (Å²) in [5, 5.41) is 3.18. The van der Waals surface area contributed by atoms with Crippen molar-refractivity contribution in [3.63, 3.8) is 0 Å². The molecular formula is C9H21N3O2. The normalized spacial score (nSPS) is 17.2. The standard InChI is InChI=1S/C9H18N2O2.H3N/c1-9(2,3)13-8(12)11-6-4-10-5-7-11;/h10H,4-7H2,1-3H3;1H3. The molecule has 1 saturated heterocycles. The Bertz CT molecular complexity index is 183. The van der Waals surface area contributed by atoms with Crippen LogP contribution in [0, 0.1) is 0 Å². The Kier molecular flexibility index (Phi) is 4.87. The van der Waals surface area contributed by atoms with Crippen LogP contribution in [-0.2, 0) is 4.74 Å². The van der Waals surface area contributed by atoms with Crippen molar-refractivity contribution in [3.8, 4) is 0 Å². The highest BCUT2D eigenvalue weighted by atomic mass is 16.6. The minimum atomic E-state index is -0.387. The third kappa shape index (κ3) is 4.43. The Morgan fingerprint density at radius 1 is 1.29 bits per heavy atom. The number of amides is 1. The molecule has 0 aliphatic carbocycles. The van der Waals surface area contributed by atoms with Crippen LogP contribution in [0.3, 0.4) is 0 Å². The first-order valence-corrected chi connectivity index (χ1v) is 4.68. The second-order valence-electron chi connectivity index (χ2n) is 4.22. The quantitative estimate of drug-likeness (QED) is 0.615. The summed E-state index contributed by atoms with van der Waals surface area (Å²) >= 11 is 0. The fourth-order valence-electron chi connectivity index (χ4n) is 1.17. The highest BCUT2D eigenvalue weighted by Crippen LogP contribution is 2.09. The number of hydrogen-bond donors (Lipinski definition) is 2. The van der Waals surface area contributed by atoms with E-state index in [-0.39, 0.29) is 17.8 Å². The van der Waals surface area contributed by atoms with E-state index in [1.807, 2.05) is 20.8 Å². The molecule has 0 aromatic carbocycles. The Labute approximate surface area is 85.4 Å². The molecule has 5 nitrogen and oxygen atoms in total. The van der Waals surface area contributed by atoms with E-state index in [1.165, 1.54) is 0 Å². The minimum absolute atomic E-state index is 0. The molecule has 0 radical (unpaired) electrons. The van der Waals surface area contributed by atoms with Gasteiger partial charge in [0.1, 0.15) is 5.60 Å². The molecule has 1 rings (SSSR count). The van der Waals surface area contributed by atoms with Gasteiger partial charge in [-0.1, -0.05) is 0 Å². The van der Waals surface area contributed by atoms with Gasteiger partial charge in [0.15, 0.2) is 0 Å². The Morgan fingerprint density at radius 3 is 2.21 bits per heavy atom. The monoisotopic (exact) mass is 203 g/mol. The predicted molar refractivity (Wildman–Crippen MR) is 55.7 cm³/mol. The maximum atomic E-state index is 11.5. The van der Waals surface area contributed by atoms with Gasteiger partial charge in [-0.05, 0) is 20.8 Å². The number of nitrogens with one attached hydrogen (secondary N) is 1. The molecule has 0 saturated carbocycles. The van der Waals surface area contributed by atoms with E-state index in [0.29, 0.717) is 0 Å². The van der Waals surface area contributed by atoms with E-state index in [9.17, 15) is 4.79 Å². The summed E-state index contributed by atoms with van der Waals surface area (Å²) in [6.45, 7) is 8.86. The van der Waals surface area contributed by atoms with Crippen molar-refractivity contribution in [1.82, 2.24) is 16.4 Å². The van der Waals surface area contributed by atoms with Gasteiger partial charge in [0, 0.05) is 26.2 Å². The highest BCUT2D eigenvalue weighted by molar-refractivity contribution is 5.68. The number of rotatable bonds is 0. The van der Waals surface area contributed by atoms with Crippen molar-refractivity contribution < 1.29 is 9.53 Å². The Morgan fingerprint density at radius 2 is 1.79 bits per heavy atom. The molecule has 0 unspecified atom stereocenters. The Balaban J connectivity index is 0.00000169. The van der Waals surface area contributed by atoms with Crippen molar-refractivity contribution in [1.29, 1.82) is 0 Å². The third-order valence-electron chi connectivity index (χ3n) is 1.77. The van der Waals surface area contributed by atoms with Gasteiger partial charge in [0.2, 0.25) is 0 Å². The van der Waals surface area contributed by atoms with Crippen LogP contribution >= 0.6 is 0 Å². The second-order valence-corrected chi connectivity index (χ2v) is 4.22. The van der Waals surface area contributed by atoms with Gasteiger partial charge >= 0.3 is 6.09 Å². The predicted octanol–water partition coefficient (Wildman–Crippen LogP) is 0.989. The van der Waals surface area contributed by atoms with Gasteiger partial charge in [-0.15, -0.1) is 0 Å². The van der Waals surface area contributed by atoms with Crippen molar-refractivity contribution in [2.45, 2.75) is 26.4 Å². The summed E-state index contributed by atoms with van der Waals surface area (Å²) in [7, 11) is 0.